The largest absolute Gasteiger partial charge is 0.481 e. The Morgan fingerprint density at radius 3 is 2.90 bits per heavy atom. The number of carbonyl (C=O) groups is 2. The minimum atomic E-state index is -0.907. The zero-order valence-corrected chi connectivity index (χ0v) is 12.9. The topological polar surface area (TPSA) is 69.6 Å². The van der Waals surface area contributed by atoms with Crippen LogP contribution in [0.15, 0.2) is 16.6 Å². The van der Waals surface area contributed by atoms with Gasteiger partial charge in [-0.05, 0) is 42.2 Å². The van der Waals surface area contributed by atoms with Crippen LogP contribution in [0.1, 0.15) is 23.1 Å². The monoisotopic (exact) mass is 340 g/mol. The van der Waals surface area contributed by atoms with Crippen molar-refractivity contribution in [2.24, 2.45) is 0 Å². The van der Waals surface area contributed by atoms with Crippen LogP contribution in [0.3, 0.4) is 0 Å². The molecule has 2 amide bonds. The second-order valence-corrected chi connectivity index (χ2v) is 5.82. The Morgan fingerprint density at radius 1 is 1.45 bits per heavy atom. The molecule has 0 fully saturated rings. The molecule has 1 aliphatic heterocycles. The van der Waals surface area contributed by atoms with Crippen molar-refractivity contribution in [3.05, 3.63) is 33.3 Å². The van der Waals surface area contributed by atoms with Crippen LogP contribution < -0.4 is 5.32 Å². The van der Waals surface area contributed by atoms with Crippen molar-refractivity contribution in [1.29, 1.82) is 0 Å². The molecule has 5 nitrogen and oxygen atoms in total. The molecular weight excluding hydrogens is 324 g/mol. The van der Waals surface area contributed by atoms with Gasteiger partial charge in [0.2, 0.25) is 0 Å². The summed E-state index contributed by atoms with van der Waals surface area (Å²) in [6, 6.07) is 3.95. The minimum absolute atomic E-state index is 0.0534. The van der Waals surface area contributed by atoms with Crippen molar-refractivity contribution >= 4 is 27.9 Å². The van der Waals surface area contributed by atoms with E-state index >= 15 is 0 Å². The van der Waals surface area contributed by atoms with Gasteiger partial charge in [-0.1, -0.05) is 15.9 Å². The third kappa shape index (κ3) is 3.50. The highest BCUT2D eigenvalue weighted by Gasteiger charge is 2.22. The summed E-state index contributed by atoms with van der Waals surface area (Å²) in [6.07, 6.45) is 0.768. The van der Waals surface area contributed by atoms with E-state index in [4.69, 9.17) is 5.11 Å². The van der Waals surface area contributed by atoms with Gasteiger partial charge in [0.25, 0.3) is 0 Å². The van der Waals surface area contributed by atoms with Crippen molar-refractivity contribution in [3.63, 3.8) is 0 Å². The van der Waals surface area contributed by atoms with Gasteiger partial charge in [-0.15, -0.1) is 0 Å². The third-order valence-corrected chi connectivity index (χ3v) is 3.89. The maximum atomic E-state index is 12.0. The van der Waals surface area contributed by atoms with Crippen molar-refractivity contribution < 1.29 is 14.7 Å². The number of carboxylic acid groups (broad SMARTS) is 1. The molecule has 6 heteroatoms. The summed E-state index contributed by atoms with van der Waals surface area (Å²) >= 11 is 3.48. The van der Waals surface area contributed by atoms with Crippen molar-refractivity contribution in [2.75, 3.05) is 13.1 Å². The number of carboxylic acids is 1. The van der Waals surface area contributed by atoms with Gasteiger partial charge in [0.1, 0.15) is 0 Å². The molecule has 0 saturated carbocycles. The molecule has 1 aromatic rings. The molecular formula is C14H17BrN2O3. The molecule has 0 radical (unpaired) electrons. The van der Waals surface area contributed by atoms with Crippen LogP contribution in [0.4, 0.5) is 4.79 Å². The van der Waals surface area contributed by atoms with Gasteiger partial charge in [-0.2, -0.15) is 0 Å². The number of aryl methyl sites for hydroxylation is 1. The van der Waals surface area contributed by atoms with Crippen LogP contribution in [0.2, 0.25) is 0 Å². The first-order chi connectivity index (χ1) is 9.47. The lowest BCUT2D eigenvalue weighted by atomic mass is 9.96. The zero-order valence-electron chi connectivity index (χ0n) is 11.3. The van der Waals surface area contributed by atoms with Gasteiger partial charge in [-0.25, -0.2) is 4.79 Å². The quantitative estimate of drug-likeness (QED) is 0.886. The number of amides is 2. The molecule has 0 saturated heterocycles. The Bertz CT molecular complexity index is 545. The number of fused-ring (bicyclic) bond motifs is 1. The van der Waals surface area contributed by atoms with Gasteiger partial charge in [0, 0.05) is 24.1 Å². The van der Waals surface area contributed by atoms with E-state index in [-0.39, 0.29) is 19.0 Å². The number of nitrogens with one attached hydrogen (secondary N) is 1. The van der Waals surface area contributed by atoms with Gasteiger partial charge in [0.05, 0.1) is 6.42 Å². The van der Waals surface area contributed by atoms with Crippen LogP contribution in [0.25, 0.3) is 0 Å². The molecule has 2 rings (SSSR count). The van der Waals surface area contributed by atoms with Gasteiger partial charge in [-0.3, -0.25) is 4.79 Å². The number of benzene rings is 1. The van der Waals surface area contributed by atoms with Crippen LogP contribution in [0, 0.1) is 6.92 Å². The summed E-state index contributed by atoms with van der Waals surface area (Å²) in [6.45, 7) is 3.43. The van der Waals surface area contributed by atoms with Crippen molar-refractivity contribution in [1.82, 2.24) is 10.2 Å². The predicted octanol–water partition coefficient (Wildman–Crippen LogP) is 2.30. The van der Waals surface area contributed by atoms with E-state index in [1.54, 1.807) is 4.90 Å². The number of nitrogens with zero attached hydrogens (tertiary/aromatic N) is 1. The fourth-order valence-electron chi connectivity index (χ4n) is 2.38. The molecule has 0 aromatic heterocycles. The fraction of sp³-hybridized carbons (Fsp3) is 0.429. The molecule has 20 heavy (non-hydrogen) atoms. The van der Waals surface area contributed by atoms with E-state index < -0.39 is 5.97 Å². The summed E-state index contributed by atoms with van der Waals surface area (Å²) in [5.41, 5.74) is 3.62. The number of urea groups is 1. The van der Waals surface area contributed by atoms with E-state index in [1.807, 2.05) is 13.0 Å². The third-order valence-electron chi connectivity index (χ3n) is 3.43. The van der Waals surface area contributed by atoms with E-state index in [2.05, 4.69) is 27.3 Å². The molecule has 0 unspecified atom stereocenters. The van der Waals surface area contributed by atoms with Gasteiger partial charge < -0.3 is 15.3 Å². The number of aliphatic carboxylic acids is 1. The number of halogens is 1. The maximum absolute atomic E-state index is 12.0. The number of carbonyl (C=O) groups excluding carboxylic acids is 1. The average molecular weight is 341 g/mol. The van der Waals surface area contributed by atoms with Gasteiger partial charge in [0.15, 0.2) is 0 Å². The molecule has 1 aliphatic rings. The average Bonchev–Trinajstić information content (AvgIpc) is 2.37. The lowest BCUT2D eigenvalue weighted by Crippen LogP contribution is -2.43. The Kier molecular flexibility index (Phi) is 4.65. The number of hydrogen-bond donors (Lipinski definition) is 2. The van der Waals surface area contributed by atoms with Gasteiger partial charge >= 0.3 is 12.0 Å². The summed E-state index contributed by atoms with van der Waals surface area (Å²) in [5, 5.41) is 11.2. The highest BCUT2D eigenvalue weighted by molar-refractivity contribution is 9.10. The lowest BCUT2D eigenvalue weighted by molar-refractivity contribution is -0.136. The Balaban J connectivity index is 2.00. The van der Waals surface area contributed by atoms with E-state index in [9.17, 15) is 9.59 Å². The molecule has 1 aromatic carbocycles. The minimum Gasteiger partial charge on any atom is -0.481 e. The summed E-state index contributed by atoms with van der Waals surface area (Å²) in [4.78, 5) is 24.1. The molecule has 108 valence electrons. The zero-order chi connectivity index (χ0) is 14.7. The molecule has 0 atom stereocenters. The van der Waals surface area contributed by atoms with E-state index in [0.717, 1.165) is 16.5 Å². The lowest BCUT2D eigenvalue weighted by Gasteiger charge is -2.30. The summed E-state index contributed by atoms with van der Waals surface area (Å²) in [7, 11) is 0. The molecule has 0 aliphatic carbocycles. The predicted molar refractivity (Wildman–Crippen MR) is 78.6 cm³/mol. The molecule has 2 N–H and O–H groups in total. The second kappa shape index (κ2) is 6.26. The highest BCUT2D eigenvalue weighted by atomic mass is 79.9. The second-order valence-electron chi connectivity index (χ2n) is 4.91. The first-order valence-electron chi connectivity index (χ1n) is 6.50. The summed E-state index contributed by atoms with van der Waals surface area (Å²) in [5.74, 6) is -0.907. The number of rotatable bonds is 3. The van der Waals surface area contributed by atoms with Crippen molar-refractivity contribution in [3.8, 4) is 0 Å². The first-order valence-corrected chi connectivity index (χ1v) is 7.29. The van der Waals surface area contributed by atoms with Crippen LogP contribution >= 0.6 is 15.9 Å². The van der Waals surface area contributed by atoms with Crippen molar-refractivity contribution in [2.45, 2.75) is 26.3 Å². The van der Waals surface area contributed by atoms with Crippen LogP contribution in [0.5, 0.6) is 0 Å². The standard InChI is InChI=1S/C14H17BrN2O3/c1-9-6-11(15)7-10-3-5-17(8-12(9)10)14(20)16-4-2-13(18)19/h6-7H,2-5,8H2,1H3,(H,16,20)(H,18,19). The van der Waals surface area contributed by atoms with Crippen LogP contribution in [-0.4, -0.2) is 35.1 Å². The van der Waals surface area contributed by atoms with E-state index in [0.29, 0.717) is 13.1 Å². The first kappa shape index (κ1) is 14.8. The molecule has 0 spiro atoms. The Hall–Kier alpha value is -1.56. The summed E-state index contributed by atoms with van der Waals surface area (Å²) < 4.78 is 1.06. The molecule has 1 heterocycles. The molecule has 0 bridgehead atoms. The SMILES string of the molecule is Cc1cc(Br)cc2c1CN(C(=O)NCCC(=O)O)CC2. The maximum Gasteiger partial charge on any atom is 0.317 e. The normalized spacial score (nSPS) is 13.8. The van der Waals surface area contributed by atoms with E-state index in [1.165, 1.54) is 11.1 Å². The van der Waals surface area contributed by atoms with Crippen LogP contribution in [-0.2, 0) is 17.8 Å². The number of hydrogen-bond acceptors (Lipinski definition) is 2. The Labute approximate surface area is 126 Å². The highest BCUT2D eigenvalue weighted by Crippen LogP contribution is 2.26. The fourth-order valence-corrected chi connectivity index (χ4v) is 3.00. The Morgan fingerprint density at radius 2 is 2.20 bits per heavy atom. The smallest absolute Gasteiger partial charge is 0.317 e.